The zero-order chi connectivity index (χ0) is 18.5. The summed E-state index contributed by atoms with van der Waals surface area (Å²) in [6, 6.07) is 4.24. The Balaban J connectivity index is 1.40. The molecule has 2 fully saturated rings. The number of oxazole rings is 1. The lowest BCUT2D eigenvalue weighted by atomic mass is 10.1. The van der Waals surface area contributed by atoms with Crippen LogP contribution in [0.25, 0.3) is 11.2 Å². The van der Waals surface area contributed by atoms with Crippen LogP contribution in [-0.2, 0) is 4.79 Å². The summed E-state index contributed by atoms with van der Waals surface area (Å²) in [7, 11) is 0. The zero-order valence-electron chi connectivity index (χ0n) is 14.7. The maximum atomic E-state index is 12.9. The Kier molecular flexibility index (Phi) is 4.35. The minimum absolute atomic E-state index is 0.0601. The van der Waals surface area contributed by atoms with Gasteiger partial charge in [0.15, 0.2) is 5.58 Å². The number of piperazine rings is 1. The monoisotopic (exact) mass is 394 g/mol. The number of rotatable bonds is 3. The van der Waals surface area contributed by atoms with Crippen molar-refractivity contribution in [3.63, 3.8) is 0 Å². The van der Waals surface area contributed by atoms with Crippen LogP contribution in [0.5, 0.6) is 0 Å². The average molecular weight is 395 g/mol. The standard InChI is InChI=1S/C18H20Cl2N4O2/c1-18(2)11(10-13(19)20)14(18)16(25)23-6-8-24(9-7-23)17-22-15-12(26-17)4-3-5-21-15/h3-5,10-11,14H,6-9H2,1-2H3/t11-,14-/m0/s1. The van der Waals surface area contributed by atoms with E-state index in [0.717, 1.165) is 0 Å². The molecule has 0 bridgehead atoms. The molecule has 2 aliphatic rings. The van der Waals surface area contributed by atoms with E-state index < -0.39 is 0 Å². The normalized spacial score (nSPS) is 24.6. The summed E-state index contributed by atoms with van der Waals surface area (Å²) in [6.45, 7) is 6.81. The number of amides is 1. The Hall–Kier alpha value is -1.79. The minimum Gasteiger partial charge on any atom is -0.422 e. The highest BCUT2D eigenvalue weighted by molar-refractivity contribution is 6.55. The number of hydrogen-bond acceptors (Lipinski definition) is 5. The number of aromatic nitrogens is 2. The van der Waals surface area contributed by atoms with E-state index in [0.29, 0.717) is 43.4 Å². The largest absolute Gasteiger partial charge is 0.422 e. The molecular weight excluding hydrogens is 375 g/mol. The molecule has 26 heavy (non-hydrogen) atoms. The van der Waals surface area contributed by atoms with E-state index in [1.54, 1.807) is 12.3 Å². The molecule has 0 aromatic carbocycles. The van der Waals surface area contributed by atoms with E-state index in [1.807, 2.05) is 17.0 Å². The lowest BCUT2D eigenvalue weighted by molar-refractivity contribution is -0.133. The molecule has 0 spiro atoms. The molecule has 1 aliphatic carbocycles. The topological polar surface area (TPSA) is 62.5 Å². The second-order valence-electron chi connectivity index (χ2n) is 7.42. The first-order valence-corrected chi connectivity index (χ1v) is 9.41. The Bertz CT molecular complexity index is 834. The van der Waals surface area contributed by atoms with Crippen molar-refractivity contribution in [2.75, 3.05) is 31.1 Å². The fourth-order valence-corrected chi connectivity index (χ4v) is 4.08. The van der Waals surface area contributed by atoms with Crippen molar-refractivity contribution in [1.82, 2.24) is 14.9 Å². The van der Waals surface area contributed by atoms with Crippen molar-refractivity contribution in [2.24, 2.45) is 17.3 Å². The van der Waals surface area contributed by atoms with Crippen molar-refractivity contribution in [2.45, 2.75) is 13.8 Å². The van der Waals surface area contributed by atoms with Gasteiger partial charge in [0, 0.05) is 32.4 Å². The van der Waals surface area contributed by atoms with Crippen LogP contribution < -0.4 is 4.90 Å². The number of pyridine rings is 1. The molecule has 0 unspecified atom stereocenters. The molecule has 8 heteroatoms. The fourth-order valence-electron chi connectivity index (χ4n) is 3.80. The number of anilines is 1. The van der Waals surface area contributed by atoms with Gasteiger partial charge in [0.05, 0.1) is 5.92 Å². The van der Waals surface area contributed by atoms with Gasteiger partial charge in [0.2, 0.25) is 11.6 Å². The van der Waals surface area contributed by atoms with Gasteiger partial charge in [0.1, 0.15) is 4.49 Å². The minimum atomic E-state index is -0.102. The van der Waals surface area contributed by atoms with Gasteiger partial charge in [-0.05, 0) is 29.5 Å². The van der Waals surface area contributed by atoms with Crippen molar-refractivity contribution < 1.29 is 9.21 Å². The molecule has 1 aliphatic heterocycles. The van der Waals surface area contributed by atoms with Gasteiger partial charge < -0.3 is 14.2 Å². The lowest BCUT2D eigenvalue weighted by Crippen LogP contribution is -2.49. The number of carbonyl (C=O) groups is 1. The van der Waals surface area contributed by atoms with E-state index >= 15 is 0 Å². The highest BCUT2D eigenvalue weighted by atomic mass is 35.5. The van der Waals surface area contributed by atoms with Crippen LogP contribution >= 0.6 is 23.2 Å². The summed E-state index contributed by atoms with van der Waals surface area (Å²) in [4.78, 5) is 25.5. The number of carbonyl (C=O) groups excluding carboxylic acids is 1. The smallest absolute Gasteiger partial charge is 0.300 e. The fraction of sp³-hybridized carbons (Fsp3) is 0.500. The summed E-state index contributed by atoms with van der Waals surface area (Å²) in [5.41, 5.74) is 1.18. The highest BCUT2D eigenvalue weighted by Crippen LogP contribution is 2.60. The van der Waals surface area contributed by atoms with Crippen molar-refractivity contribution in [1.29, 1.82) is 0 Å². The molecule has 3 heterocycles. The molecule has 6 nitrogen and oxygen atoms in total. The van der Waals surface area contributed by atoms with Crippen molar-refractivity contribution in [3.8, 4) is 0 Å². The summed E-state index contributed by atoms with van der Waals surface area (Å²) in [6.07, 6.45) is 3.48. The second kappa shape index (κ2) is 6.43. The predicted molar refractivity (Wildman–Crippen MR) is 101 cm³/mol. The van der Waals surface area contributed by atoms with Gasteiger partial charge in [-0.15, -0.1) is 0 Å². The van der Waals surface area contributed by atoms with Gasteiger partial charge in [-0.2, -0.15) is 4.98 Å². The Morgan fingerprint density at radius 1 is 1.31 bits per heavy atom. The molecule has 4 rings (SSSR count). The van der Waals surface area contributed by atoms with Crippen molar-refractivity contribution >= 4 is 46.4 Å². The quantitative estimate of drug-likeness (QED) is 0.797. The van der Waals surface area contributed by atoms with E-state index in [2.05, 4.69) is 28.7 Å². The molecule has 138 valence electrons. The first-order chi connectivity index (χ1) is 12.4. The van der Waals surface area contributed by atoms with E-state index in [1.165, 1.54) is 0 Å². The maximum absolute atomic E-state index is 12.9. The summed E-state index contributed by atoms with van der Waals surface area (Å²) < 4.78 is 6.00. The molecule has 1 saturated carbocycles. The Morgan fingerprint density at radius 3 is 2.69 bits per heavy atom. The second-order valence-corrected chi connectivity index (χ2v) is 8.42. The Labute approximate surface area is 161 Å². The van der Waals surface area contributed by atoms with Crippen LogP contribution in [0.3, 0.4) is 0 Å². The van der Waals surface area contributed by atoms with Gasteiger partial charge in [-0.1, -0.05) is 37.0 Å². The number of fused-ring (bicyclic) bond motifs is 1. The zero-order valence-corrected chi connectivity index (χ0v) is 16.2. The van der Waals surface area contributed by atoms with Crippen LogP contribution in [0.4, 0.5) is 6.01 Å². The summed E-state index contributed by atoms with van der Waals surface area (Å²) in [5, 5.41) is 0. The van der Waals surface area contributed by atoms with Crippen molar-refractivity contribution in [3.05, 3.63) is 28.9 Å². The van der Waals surface area contributed by atoms with Crippen LogP contribution in [0.1, 0.15) is 13.8 Å². The van der Waals surface area contributed by atoms with E-state index in [4.69, 9.17) is 27.6 Å². The third kappa shape index (κ3) is 3.05. The highest BCUT2D eigenvalue weighted by Gasteiger charge is 2.61. The maximum Gasteiger partial charge on any atom is 0.300 e. The van der Waals surface area contributed by atoms with Gasteiger partial charge in [-0.25, -0.2) is 4.98 Å². The molecule has 0 radical (unpaired) electrons. The van der Waals surface area contributed by atoms with Crippen LogP contribution in [0.2, 0.25) is 0 Å². The number of hydrogen-bond donors (Lipinski definition) is 0. The van der Waals surface area contributed by atoms with Gasteiger partial charge in [0.25, 0.3) is 6.01 Å². The number of nitrogens with zero attached hydrogens (tertiary/aromatic N) is 4. The summed E-state index contributed by atoms with van der Waals surface area (Å²) in [5.74, 6) is 0.209. The van der Waals surface area contributed by atoms with E-state index in [-0.39, 0.29) is 27.6 Å². The average Bonchev–Trinajstić information content (AvgIpc) is 2.96. The van der Waals surface area contributed by atoms with Gasteiger partial charge >= 0.3 is 0 Å². The molecular formula is C18H20Cl2N4O2. The molecule has 2 aromatic heterocycles. The molecule has 1 saturated heterocycles. The molecule has 2 aromatic rings. The third-order valence-corrected chi connectivity index (χ3v) is 5.75. The van der Waals surface area contributed by atoms with E-state index in [9.17, 15) is 4.79 Å². The first kappa shape index (κ1) is 17.6. The molecule has 0 N–H and O–H groups in total. The third-order valence-electron chi connectivity index (χ3n) is 5.50. The summed E-state index contributed by atoms with van der Waals surface area (Å²) >= 11 is 11.6. The first-order valence-electron chi connectivity index (χ1n) is 8.66. The van der Waals surface area contributed by atoms with Crippen LogP contribution in [-0.4, -0.2) is 47.0 Å². The molecule has 2 atom stereocenters. The molecule has 1 amide bonds. The number of halogens is 2. The van der Waals surface area contributed by atoms with Crippen LogP contribution in [0, 0.1) is 17.3 Å². The van der Waals surface area contributed by atoms with Crippen LogP contribution in [0.15, 0.2) is 33.3 Å². The lowest BCUT2D eigenvalue weighted by Gasteiger charge is -2.34. The SMILES string of the molecule is CC1(C)[C@H](C(=O)N2CCN(c3nc4ncccc4o3)CC2)[C@@H]1C=C(Cl)Cl. The van der Waals surface area contributed by atoms with Gasteiger partial charge in [-0.3, -0.25) is 4.79 Å². The number of allylic oxidation sites excluding steroid dienone is 1. The Morgan fingerprint density at radius 2 is 2.04 bits per heavy atom. The predicted octanol–water partition coefficient (Wildman–Crippen LogP) is 3.46.